The van der Waals surface area contributed by atoms with Crippen molar-refractivity contribution in [2.45, 2.75) is 30.4 Å². The number of hydrogen-bond acceptors (Lipinski definition) is 4. The predicted octanol–water partition coefficient (Wildman–Crippen LogP) is 5.77. The van der Waals surface area contributed by atoms with Gasteiger partial charge in [-0.2, -0.15) is 4.31 Å². The smallest absolute Gasteiger partial charge is 0.181 e. The molecule has 2 N–H and O–H groups in total. The molecule has 0 radical (unpaired) electrons. The highest BCUT2D eigenvalue weighted by Crippen LogP contribution is 2.36. The van der Waals surface area contributed by atoms with E-state index in [0.717, 1.165) is 11.6 Å². The largest absolute Gasteiger partial charge is 0.587 e. The first-order chi connectivity index (χ1) is 15.3. The molecule has 4 nitrogen and oxygen atoms in total. The predicted molar refractivity (Wildman–Crippen MR) is 123 cm³/mol. The quantitative estimate of drug-likeness (QED) is 0.287. The Morgan fingerprint density at radius 1 is 1.28 bits per heavy atom. The SMILES string of the molecule is C=C/C(F)=C\C=C1/CC(CCC(O)O)=CN1[S+]([O-])c1cccc(-c2ccc(F)cc2Cl)c1. The molecule has 1 aliphatic heterocycles. The molecule has 2 aromatic carbocycles. The summed E-state index contributed by atoms with van der Waals surface area (Å²) in [6.45, 7) is 3.37. The second kappa shape index (κ2) is 10.9. The summed E-state index contributed by atoms with van der Waals surface area (Å²) in [7, 11) is 0. The zero-order valence-corrected chi connectivity index (χ0v) is 18.6. The number of benzene rings is 2. The molecular formula is C24H22ClF2NO3S. The van der Waals surface area contributed by atoms with Gasteiger partial charge in [0.15, 0.2) is 11.2 Å². The molecule has 8 heteroatoms. The minimum atomic E-state index is -1.67. The Bertz CT molecular complexity index is 1080. The van der Waals surface area contributed by atoms with Crippen molar-refractivity contribution >= 4 is 23.0 Å². The number of halogens is 3. The number of allylic oxidation sites excluding steroid dienone is 5. The van der Waals surface area contributed by atoms with Gasteiger partial charge in [0, 0.05) is 24.5 Å². The third-order valence-electron chi connectivity index (χ3n) is 4.80. The second-order valence-electron chi connectivity index (χ2n) is 7.12. The van der Waals surface area contributed by atoms with Crippen molar-refractivity contribution < 1.29 is 23.5 Å². The summed E-state index contributed by atoms with van der Waals surface area (Å²) in [5.41, 5.74) is 2.71. The Kier molecular flexibility index (Phi) is 8.28. The van der Waals surface area contributed by atoms with Crippen molar-refractivity contribution in [1.82, 2.24) is 4.31 Å². The molecule has 0 saturated carbocycles. The summed E-state index contributed by atoms with van der Waals surface area (Å²) in [4.78, 5) is 0.474. The van der Waals surface area contributed by atoms with Gasteiger partial charge in [0.05, 0.1) is 16.9 Å². The number of rotatable bonds is 8. The molecule has 1 aliphatic rings. The molecule has 1 heterocycles. The molecule has 0 bridgehead atoms. The van der Waals surface area contributed by atoms with Gasteiger partial charge in [-0.05, 0) is 60.1 Å². The first-order valence-electron chi connectivity index (χ1n) is 9.79. The van der Waals surface area contributed by atoms with Crippen molar-refractivity contribution in [3.8, 4) is 11.1 Å². The van der Waals surface area contributed by atoms with E-state index in [1.165, 1.54) is 28.6 Å². The summed E-state index contributed by atoms with van der Waals surface area (Å²) >= 11 is 4.51. The van der Waals surface area contributed by atoms with E-state index in [1.807, 2.05) is 0 Å². The van der Waals surface area contributed by atoms with Crippen LogP contribution in [0.1, 0.15) is 19.3 Å². The van der Waals surface area contributed by atoms with Gasteiger partial charge >= 0.3 is 0 Å². The van der Waals surface area contributed by atoms with E-state index in [2.05, 4.69) is 6.58 Å². The lowest BCUT2D eigenvalue weighted by Crippen LogP contribution is -2.22. The Hall–Kier alpha value is -2.42. The van der Waals surface area contributed by atoms with Crippen molar-refractivity contribution in [3.63, 3.8) is 0 Å². The highest BCUT2D eigenvalue weighted by Gasteiger charge is 2.29. The molecule has 168 valence electrons. The van der Waals surface area contributed by atoms with E-state index < -0.39 is 29.3 Å². The summed E-state index contributed by atoms with van der Waals surface area (Å²) in [5, 5.41) is 18.5. The van der Waals surface area contributed by atoms with Crippen LogP contribution in [0.2, 0.25) is 5.02 Å². The fourth-order valence-corrected chi connectivity index (χ4v) is 4.72. The lowest BCUT2D eigenvalue weighted by molar-refractivity contribution is -0.0447. The molecule has 2 aromatic rings. The summed E-state index contributed by atoms with van der Waals surface area (Å²) in [5.74, 6) is -0.980. The number of hydrogen-bond donors (Lipinski definition) is 2. The molecular weight excluding hydrogens is 456 g/mol. The molecule has 0 amide bonds. The minimum Gasteiger partial charge on any atom is -0.587 e. The van der Waals surface area contributed by atoms with Gasteiger partial charge in [-0.25, -0.2) is 8.78 Å². The number of aliphatic hydroxyl groups excluding tert-OH is 1. The van der Waals surface area contributed by atoms with Crippen molar-refractivity contribution in [2.24, 2.45) is 0 Å². The van der Waals surface area contributed by atoms with Crippen LogP contribution in [0, 0.1) is 5.82 Å². The molecule has 3 rings (SSSR count). The Labute approximate surface area is 193 Å². The molecule has 1 unspecified atom stereocenters. The van der Waals surface area contributed by atoms with Crippen LogP contribution in [0.25, 0.3) is 11.1 Å². The number of aliphatic hydroxyl groups is 2. The maximum absolute atomic E-state index is 13.6. The van der Waals surface area contributed by atoms with Gasteiger partial charge in [0.1, 0.15) is 23.0 Å². The fraction of sp³-hybridized carbons (Fsp3) is 0.167. The van der Waals surface area contributed by atoms with Crippen molar-refractivity contribution in [2.75, 3.05) is 0 Å². The van der Waals surface area contributed by atoms with Crippen LogP contribution >= 0.6 is 11.6 Å². The highest BCUT2D eigenvalue weighted by molar-refractivity contribution is 7.89. The Morgan fingerprint density at radius 3 is 2.75 bits per heavy atom. The van der Waals surface area contributed by atoms with Gasteiger partial charge in [-0.15, -0.1) is 0 Å². The van der Waals surface area contributed by atoms with Crippen LogP contribution in [0.4, 0.5) is 8.78 Å². The Morgan fingerprint density at radius 2 is 2.06 bits per heavy atom. The zero-order chi connectivity index (χ0) is 23.3. The van der Waals surface area contributed by atoms with Gasteiger partial charge in [0.25, 0.3) is 0 Å². The van der Waals surface area contributed by atoms with E-state index in [9.17, 15) is 13.3 Å². The summed E-state index contributed by atoms with van der Waals surface area (Å²) in [6, 6.07) is 11.0. The van der Waals surface area contributed by atoms with E-state index in [0.29, 0.717) is 34.6 Å². The zero-order valence-electron chi connectivity index (χ0n) is 17.0. The van der Waals surface area contributed by atoms with Crippen LogP contribution in [0.5, 0.6) is 0 Å². The average Bonchev–Trinajstić information content (AvgIpc) is 3.18. The first-order valence-corrected chi connectivity index (χ1v) is 11.3. The van der Waals surface area contributed by atoms with Gasteiger partial charge < -0.3 is 14.8 Å². The third kappa shape index (κ3) is 6.09. The molecule has 32 heavy (non-hydrogen) atoms. The van der Waals surface area contributed by atoms with Gasteiger partial charge in [0.2, 0.25) is 0 Å². The molecule has 0 aliphatic carbocycles. The monoisotopic (exact) mass is 477 g/mol. The molecule has 0 aromatic heterocycles. The van der Waals surface area contributed by atoms with Crippen molar-refractivity contribution in [3.05, 3.63) is 101 Å². The second-order valence-corrected chi connectivity index (χ2v) is 8.89. The highest BCUT2D eigenvalue weighted by atomic mass is 35.5. The van der Waals surface area contributed by atoms with Crippen LogP contribution in [-0.4, -0.2) is 25.4 Å². The maximum Gasteiger partial charge on any atom is 0.181 e. The van der Waals surface area contributed by atoms with E-state index in [-0.39, 0.29) is 11.4 Å². The molecule has 0 saturated heterocycles. The van der Waals surface area contributed by atoms with Gasteiger partial charge in [-0.3, -0.25) is 0 Å². The minimum absolute atomic E-state index is 0.134. The Balaban J connectivity index is 1.93. The van der Waals surface area contributed by atoms with E-state index >= 15 is 0 Å². The fourth-order valence-electron chi connectivity index (χ4n) is 3.21. The first kappa shape index (κ1) is 24.2. The normalized spacial score (nSPS) is 16.6. The van der Waals surface area contributed by atoms with Gasteiger partial charge in [-0.1, -0.05) is 30.3 Å². The topological polar surface area (TPSA) is 66.8 Å². The summed E-state index contributed by atoms with van der Waals surface area (Å²) < 4.78 is 41.9. The van der Waals surface area contributed by atoms with Crippen LogP contribution in [0.15, 0.2) is 95.5 Å². The maximum atomic E-state index is 13.6. The molecule has 1 atom stereocenters. The third-order valence-corrected chi connectivity index (χ3v) is 6.47. The lowest BCUT2D eigenvalue weighted by atomic mass is 10.1. The van der Waals surface area contributed by atoms with E-state index in [4.69, 9.17) is 21.8 Å². The van der Waals surface area contributed by atoms with Crippen LogP contribution in [-0.2, 0) is 11.4 Å². The molecule has 0 spiro atoms. The number of nitrogens with zero attached hydrogens (tertiary/aromatic N) is 1. The van der Waals surface area contributed by atoms with Crippen LogP contribution < -0.4 is 0 Å². The summed E-state index contributed by atoms with van der Waals surface area (Å²) in [6.07, 6.45) is 4.98. The standard InChI is InChI=1S/C24H22ClF2NO3S/c1-2-18(26)7-9-20-12-16(6-11-24(29)30)15-28(20)32(31)21-5-3-4-17(13-21)22-10-8-19(27)14-23(22)25/h2-5,7-10,13-15,24,29-30H,1,6,11-12H2/b18-7+,20-9+. The molecule has 0 fully saturated rings. The van der Waals surface area contributed by atoms with Crippen molar-refractivity contribution in [1.29, 1.82) is 0 Å². The lowest BCUT2D eigenvalue weighted by Gasteiger charge is -2.21. The van der Waals surface area contributed by atoms with Crippen LogP contribution in [0.3, 0.4) is 0 Å². The van der Waals surface area contributed by atoms with E-state index in [1.54, 1.807) is 36.5 Å². The average molecular weight is 478 g/mol.